The summed E-state index contributed by atoms with van der Waals surface area (Å²) in [6.07, 6.45) is 0.510. The first-order valence-electron chi connectivity index (χ1n) is 9.37. The van der Waals surface area contributed by atoms with E-state index in [1.54, 1.807) is 31.3 Å². The molecule has 1 saturated heterocycles. The van der Waals surface area contributed by atoms with Gasteiger partial charge in [0, 0.05) is 31.1 Å². The van der Waals surface area contributed by atoms with E-state index in [0.717, 1.165) is 11.1 Å². The van der Waals surface area contributed by atoms with Crippen molar-refractivity contribution in [3.05, 3.63) is 65.2 Å². The van der Waals surface area contributed by atoms with Gasteiger partial charge in [-0.15, -0.1) is 0 Å². The number of hydrogen-bond donors (Lipinski definition) is 1. The zero-order valence-corrected chi connectivity index (χ0v) is 16.5. The van der Waals surface area contributed by atoms with Gasteiger partial charge in [0.05, 0.1) is 13.1 Å². The molecule has 0 bridgehead atoms. The topological polar surface area (TPSA) is 86.8 Å². The molecule has 3 rings (SSSR count). The first-order valence-corrected chi connectivity index (χ1v) is 9.37. The van der Waals surface area contributed by atoms with E-state index in [2.05, 4.69) is 5.32 Å². The Morgan fingerprint density at radius 1 is 0.966 bits per heavy atom. The van der Waals surface area contributed by atoms with E-state index in [1.165, 1.54) is 9.80 Å². The van der Waals surface area contributed by atoms with Crippen molar-refractivity contribution in [1.82, 2.24) is 9.80 Å². The molecule has 0 spiro atoms. The lowest BCUT2D eigenvalue weighted by Crippen LogP contribution is -2.35. The van der Waals surface area contributed by atoms with Crippen LogP contribution in [0.25, 0.3) is 0 Å². The van der Waals surface area contributed by atoms with Crippen LogP contribution >= 0.6 is 0 Å². The van der Waals surface area contributed by atoms with Gasteiger partial charge in [0.25, 0.3) is 5.91 Å². The van der Waals surface area contributed by atoms with Crippen LogP contribution in [0.15, 0.2) is 48.5 Å². The van der Waals surface area contributed by atoms with Crippen LogP contribution in [-0.4, -0.2) is 47.0 Å². The SMILES string of the molecule is Cc1ccc(NC(=O)CN(C)C(=O)c2ccc(CN3C(=O)CCC3=O)cc2)cc1. The van der Waals surface area contributed by atoms with E-state index in [1.807, 2.05) is 31.2 Å². The van der Waals surface area contributed by atoms with E-state index in [-0.39, 0.29) is 49.6 Å². The number of carbonyl (C=O) groups is 4. The smallest absolute Gasteiger partial charge is 0.254 e. The van der Waals surface area contributed by atoms with Gasteiger partial charge in [-0.05, 0) is 36.8 Å². The average molecular weight is 393 g/mol. The molecule has 1 fully saturated rings. The number of nitrogens with one attached hydrogen (secondary N) is 1. The molecule has 1 aliphatic heterocycles. The average Bonchev–Trinajstić information content (AvgIpc) is 3.01. The second-order valence-electron chi connectivity index (χ2n) is 7.15. The standard InChI is InChI=1S/C22H23N3O4/c1-15-3-9-18(10-4-15)23-19(26)14-24(2)22(29)17-7-5-16(6-8-17)13-25-20(27)11-12-21(25)28/h3-10H,11-14H2,1-2H3,(H,23,26). The molecule has 150 valence electrons. The highest BCUT2D eigenvalue weighted by atomic mass is 16.2. The van der Waals surface area contributed by atoms with Crippen LogP contribution in [-0.2, 0) is 20.9 Å². The molecule has 7 nitrogen and oxygen atoms in total. The molecule has 0 aromatic heterocycles. The first kappa shape index (κ1) is 20.3. The molecule has 0 saturated carbocycles. The number of anilines is 1. The molecule has 1 heterocycles. The Balaban J connectivity index is 1.56. The molecule has 2 aromatic rings. The Bertz CT molecular complexity index is 920. The maximum Gasteiger partial charge on any atom is 0.254 e. The minimum Gasteiger partial charge on any atom is -0.332 e. The van der Waals surface area contributed by atoms with Crippen LogP contribution in [0.2, 0.25) is 0 Å². The second-order valence-corrected chi connectivity index (χ2v) is 7.15. The Morgan fingerprint density at radius 2 is 1.55 bits per heavy atom. The van der Waals surface area contributed by atoms with Crippen molar-refractivity contribution in [3.63, 3.8) is 0 Å². The zero-order chi connectivity index (χ0) is 21.0. The summed E-state index contributed by atoms with van der Waals surface area (Å²) < 4.78 is 0. The fourth-order valence-electron chi connectivity index (χ4n) is 3.08. The summed E-state index contributed by atoms with van der Waals surface area (Å²) >= 11 is 0. The number of imide groups is 1. The predicted molar refractivity (Wildman–Crippen MR) is 108 cm³/mol. The fraction of sp³-hybridized carbons (Fsp3) is 0.273. The molecular weight excluding hydrogens is 370 g/mol. The zero-order valence-electron chi connectivity index (χ0n) is 16.5. The number of aryl methyl sites for hydroxylation is 1. The molecule has 4 amide bonds. The number of benzene rings is 2. The van der Waals surface area contributed by atoms with Gasteiger partial charge in [-0.25, -0.2) is 0 Å². The summed E-state index contributed by atoms with van der Waals surface area (Å²) in [6.45, 7) is 2.09. The molecule has 0 atom stereocenters. The molecule has 1 N–H and O–H groups in total. The van der Waals surface area contributed by atoms with Gasteiger partial charge >= 0.3 is 0 Å². The Kier molecular flexibility index (Phi) is 6.07. The number of carbonyl (C=O) groups excluding carboxylic acids is 4. The number of likely N-dealkylation sites (N-methyl/N-ethyl adjacent to an activating group) is 1. The van der Waals surface area contributed by atoms with Gasteiger partial charge in [0.15, 0.2) is 0 Å². The Morgan fingerprint density at radius 3 is 2.14 bits per heavy atom. The largest absolute Gasteiger partial charge is 0.332 e. The van der Waals surface area contributed by atoms with Crippen LogP contribution in [0.4, 0.5) is 5.69 Å². The number of hydrogen-bond acceptors (Lipinski definition) is 4. The summed E-state index contributed by atoms with van der Waals surface area (Å²) in [5.41, 5.74) is 2.97. The van der Waals surface area contributed by atoms with Gasteiger partial charge in [0.1, 0.15) is 0 Å². The summed E-state index contributed by atoms with van der Waals surface area (Å²) in [4.78, 5) is 50.7. The highest BCUT2D eigenvalue weighted by molar-refractivity contribution is 6.02. The Labute approximate surface area is 169 Å². The predicted octanol–water partition coefficient (Wildman–Crippen LogP) is 2.35. The number of amides is 4. The summed E-state index contributed by atoms with van der Waals surface area (Å²) in [5.74, 6) is -0.916. The van der Waals surface area contributed by atoms with Gasteiger partial charge in [-0.2, -0.15) is 0 Å². The third kappa shape index (κ3) is 5.07. The van der Waals surface area contributed by atoms with Crippen molar-refractivity contribution in [1.29, 1.82) is 0 Å². The lowest BCUT2D eigenvalue weighted by Gasteiger charge is -2.18. The number of likely N-dealkylation sites (tertiary alicyclic amines) is 1. The summed E-state index contributed by atoms with van der Waals surface area (Å²) in [7, 11) is 1.56. The van der Waals surface area contributed by atoms with Gasteiger partial charge in [-0.1, -0.05) is 29.8 Å². The van der Waals surface area contributed by atoms with Crippen molar-refractivity contribution in [2.75, 3.05) is 18.9 Å². The number of rotatable bonds is 6. The number of nitrogens with zero attached hydrogens (tertiary/aromatic N) is 2. The minimum atomic E-state index is -0.288. The lowest BCUT2D eigenvalue weighted by atomic mass is 10.1. The maximum absolute atomic E-state index is 12.6. The van der Waals surface area contributed by atoms with Crippen LogP contribution in [0, 0.1) is 6.92 Å². The van der Waals surface area contributed by atoms with Crippen molar-refractivity contribution in [2.45, 2.75) is 26.3 Å². The van der Waals surface area contributed by atoms with E-state index in [4.69, 9.17) is 0 Å². The first-order chi connectivity index (χ1) is 13.8. The van der Waals surface area contributed by atoms with Crippen molar-refractivity contribution in [2.24, 2.45) is 0 Å². The molecule has 7 heteroatoms. The molecule has 0 aliphatic carbocycles. The third-order valence-electron chi connectivity index (χ3n) is 4.76. The van der Waals surface area contributed by atoms with E-state index < -0.39 is 0 Å². The highest BCUT2D eigenvalue weighted by Gasteiger charge is 2.28. The van der Waals surface area contributed by atoms with Gasteiger partial charge < -0.3 is 10.2 Å². The molecular formula is C22H23N3O4. The molecule has 0 radical (unpaired) electrons. The minimum absolute atomic E-state index is 0.0781. The monoisotopic (exact) mass is 393 g/mol. The van der Waals surface area contributed by atoms with Crippen molar-refractivity contribution >= 4 is 29.3 Å². The molecule has 1 aliphatic rings. The van der Waals surface area contributed by atoms with Crippen LogP contribution in [0.1, 0.15) is 34.3 Å². The van der Waals surface area contributed by atoms with Crippen molar-refractivity contribution in [3.8, 4) is 0 Å². The summed E-state index contributed by atoms with van der Waals surface area (Å²) in [6, 6.07) is 14.1. The van der Waals surface area contributed by atoms with E-state index in [9.17, 15) is 19.2 Å². The van der Waals surface area contributed by atoms with Crippen LogP contribution in [0.5, 0.6) is 0 Å². The molecule has 2 aromatic carbocycles. The molecule has 0 unspecified atom stereocenters. The van der Waals surface area contributed by atoms with E-state index >= 15 is 0 Å². The highest BCUT2D eigenvalue weighted by Crippen LogP contribution is 2.16. The van der Waals surface area contributed by atoms with Gasteiger partial charge in [-0.3, -0.25) is 24.1 Å². The quantitative estimate of drug-likeness (QED) is 0.764. The van der Waals surface area contributed by atoms with Crippen molar-refractivity contribution < 1.29 is 19.2 Å². The molecule has 29 heavy (non-hydrogen) atoms. The third-order valence-corrected chi connectivity index (χ3v) is 4.76. The van der Waals surface area contributed by atoms with Crippen LogP contribution in [0.3, 0.4) is 0 Å². The van der Waals surface area contributed by atoms with Crippen LogP contribution < -0.4 is 5.32 Å². The normalized spacial score (nSPS) is 13.5. The van der Waals surface area contributed by atoms with Gasteiger partial charge in [0.2, 0.25) is 17.7 Å². The maximum atomic E-state index is 12.6. The second kappa shape index (κ2) is 8.68. The fourth-order valence-corrected chi connectivity index (χ4v) is 3.08. The van der Waals surface area contributed by atoms with E-state index in [0.29, 0.717) is 11.3 Å². The lowest BCUT2D eigenvalue weighted by molar-refractivity contribution is -0.139. The Hall–Kier alpha value is -3.48. The summed E-state index contributed by atoms with van der Waals surface area (Å²) in [5, 5.41) is 2.76.